The minimum Gasteiger partial charge on any atom is -0.457 e. The van der Waals surface area contributed by atoms with Gasteiger partial charge < -0.3 is 21.1 Å². The van der Waals surface area contributed by atoms with Gasteiger partial charge in [-0.3, -0.25) is 10.3 Å². The molecule has 1 aromatic heterocycles. The molecule has 2 fully saturated rings. The Hall–Kier alpha value is -3.49. The van der Waals surface area contributed by atoms with Gasteiger partial charge in [0.1, 0.15) is 29.5 Å². The van der Waals surface area contributed by atoms with Gasteiger partial charge in [-0.05, 0) is 62.1 Å². The zero-order chi connectivity index (χ0) is 24.0. The van der Waals surface area contributed by atoms with Gasteiger partial charge in [0.15, 0.2) is 0 Å². The summed E-state index contributed by atoms with van der Waals surface area (Å²) in [5, 5.41) is 15.9. The summed E-state index contributed by atoms with van der Waals surface area (Å²) in [6.45, 7) is 4.45. The van der Waals surface area contributed by atoms with Crippen LogP contribution in [0.2, 0.25) is 0 Å². The van der Waals surface area contributed by atoms with E-state index in [2.05, 4.69) is 25.5 Å². The van der Waals surface area contributed by atoms with E-state index >= 15 is 0 Å². The summed E-state index contributed by atoms with van der Waals surface area (Å²) in [5.74, 6) is 2.43. The molecule has 1 aliphatic heterocycles. The summed E-state index contributed by atoms with van der Waals surface area (Å²) in [5.41, 5.74) is 7.83. The predicted molar refractivity (Wildman–Crippen MR) is 139 cm³/mol. The van der Waals surface area contributed by atoms with Crippen LogP contribution in [0.5, 0.6) is 11.5 Å². The summed E-state index contributed by atoms with van der Waals surface area (Å²) in [6.07, 6.45) is 5.98. The lowest BCUT2D eigenvalue weighted by atomic mass is 9.89. The Kier molecular flexibility index (Phi) is 7.20. The number of rotatable bonds is 7. The quantitative estimate of drug-likeness (QED) is 0.387. The van der Waals surface area contributed by atoms with Gasteiger partial charge in [-0.2, -0.15) is 0 Å². The van der Waals surface area contributed by atoms with Crippen LogP contribution in [-0.2, 0) is 0 Å². The molecule has 35 heavy (non-hydrogen) atoms. The summed E-state index contributed by atoms with van der Waals surface area (Å²) < 4.78 is 5.88. The number of nitrogen functional groups attached to an aromatic ring is 1. The number of para-hydroxylation sites is 1. The summed E-state index contributed by atoms with van der Waals surface area (Å²) in [7, 11) is 0. The van der Waals surface area contributed by atoms with Gasteiger partial charge in [0.2, 0.25) is 0 Å². The lowest BCUT2D eigenvalue weighted by molar-refractivity contribution is 0.135. The second-order valence-electron chi connectivity index (χ2n) is 9.23. The Balaban J connectivity index is 1.25. The Morgan fingerprint density at radius 3 is 2.34 bits per heavy atom. The molecule has 0 spiro atoms. The number of nitrogens with two attached hydrogens (primary N) is 1. The molecule has 8 nitrogen and oxygen atoms in total. The smallest absolute Gasteiger partial charge is 0.141 e. The second-order valence-corrected chi connectivity index (χ2v) is 9.23. The largest absolute Gasteiger partial charge is 0.457 e. The van der Waals surface area contributed by atoms with E-state index in [0.717, 1.165) is 50.3 Å². The molecular formula is C27H33N7O. The van der Waals surface area contributed by atoms with Crippen molar-refractivity contribution in [3.05, 3.63) is 72.1 Å². The average molecular weight is 472 g/mol. The van der Waals surface area contributed by atoms with Crippen LogP contribution < -0.4 is 21.1 Å². The first-order valence-electron chi connectivity index (χ1n) is 12.4. The fourth-order valence-corrected chi connectivity index (χ4v) is 5.04. The minimum absolute atomic E-state index is 0.298. The van der Waals surface area contributed by atoms with Crippen molar-refractivity contribution >= 4 is 17.3 Å². The third-order valence-electron chi connectivity index (χ3n) is 6.95. The van der Waals surface area contributed by atoms with Crippen molar-refractivity contribution in [2.75, 3.05) is 37.2 Å². The highest BCUT2D eigenvalue weighted by molar-refractivity contribution is 6.16. The van der Waals surface area contributed by atoms with Crippen molar-refractivity contribution in [1.82, 2.24) is 20.2 Å². The number of nitrogens with one attached hydrogen (secondary N) is 3. The minimum atomic E-state index is 0.298. The molecule has 2 aliphatic rings. The molecule has 0 atom stereocenters. The zero-order valence-corrected chi connectivity index (χ0v) is 19.9. The van der Waals surface area contributed by atoms with E-state index in [1.807, 2.05) is 54.6 Å². The van der Waals surface area contributed by atoms with Crippen molar-refractivity contribution in [1.29, 1.82) is 5.41 Å². The van der Waals surface area contributed by atoms with Crippen LogP contribution in [0.15, 0.2) is 60.9 Å². The third-order valence-corrected chi connectivity index (χ3v) is 6.95. The van der Waals surface area contributed by atoms with Crippen LogP contribution in [0.1, 0.15) is 36.8 Å². The Morgan fingerprint density at radius 2 is 1.63 bits per heavy atom. The summed E-state index contributed by atoms with van der Waals surface area (Å²) in [6, 6.07) is 18.1. The summed E-state index contributed by atoms with van der Waals surface area (Å²) >= 11 is 0. The molecule has 5 rings (SSSR count). The summed E-state index contributed by atoms with van der Waals surface area (Å²) in [4.78, 5) is 11.3. The van der Waals surface area contributed by atoms with E-state index in [1.54, 1.807) is 0 Å². The number of nitrogens with zero attached hydrogens (tertiary/aromatic N) is 3. The highest BCUT2D eigenvalue weighted by atomic mass is 16.5. The Morgan fingerprint density at radius 1 is 0.943 bits per heavy atom. The van der Waals surface area contributed by atoms with Crippen LogP contribution in [0.4, 0.5) is 11.6 Å². The van der Waals surface area contributed by atoms with Gasteiger partial charge in [-0.1, -0.05) is 18.2 Å². The zero-order valence-electron chi connectivity index (χ0n) is 19.9. The van der Waals surface area contributed by atoms with Gasteiger partial charge in [-0.15, -0.1) is 0 Å². The fourth-order valence-electron chi connectivity index (χ4n) is 5.04. The van der Waals surface area contributed by atoms with Crippen molar-refractivity contribution in [3.63, 3.8) is 0 Å². The Labute approximate surface area is 206 Å². The molecule has 0 amide bonds. The standard InChI is InChI=1S/C27H33N7O/c28-25(19-6-12-23(13-7-19)35-22-4-2-1-3-5-22)24-26(29)31-18-32-27(24)33-20-8-10-21(11-9-20)34-16-14-30-15-17-34/h1-7,12-13,18,20-21,28,30H,8-11,14-17H2,(H3,29,31,32,33). The van der Waals surface area contributed by atoms with Crippen LogP contribution in [0.3, 0.4) is 0 Å². The molecule has 3 aromatic rings. The van der Waals surface area contributed by atoms with Crippen molar-refractivity contribution in [3.8, 4) is 11.5 Å². The first-order valence-corrected chi connectivity index (χ1v) is 12.4. The van der Waals surface area contributed by atoms with E-state index in [9.17, 15) is 0 Å². The van der Waals surface area contributed by atoms with Gasteiger partial charge in [0.25, 0.3) is 0 Å². The van der Waals surface area contributed by atoms with Crippen molar-refractivity contribution in [2.45, 2.75) is 37.8 Å². The maximum atomic E-state index is 8.87. The lowest BCUT2D eigenvalue weighted by Gasteiger charge is -2.39. The molecule has 0 unspecified atom stereocenters. The van der Waals surface area contributed by atoms with E-state index in [1.165, 1.54) is 19.2 Å². The maximum Gasteiger partial charge on any atom is 0.141 e. The second kappa shape index (κ2) is 10.8. The number of piperazine rings is 1. The average Bonchev–Trinajstić information content (AvgIpc) is 2.90. The maximum absolute atomic E-state index is 8.87. The number of hydrogen-bond donors (Lipinski definition) is 4. The normalized spacial score (nSPS) is 20.8. The number of benzene rings is 2. The number of hydrogen-bond acceptors (Lipinski definition) is 8. The number of anilines is 2. The first kappa shape index (κ1) is 23.3. The molecule has 182 valence electrons. The molecule has 0 radical (unpaired) electrons. The molecule has 5 N–H and O–H groups in total. The van der Waals surface area contributed by atoms with E-state index in [0.29, 0.717) is 40.7 Å². The van der Waals surface area contributed by atoms with Crippen molar-refractivity contribution < 1.29 is 4.74 Å². The van der Waals surface area contributed by atoms with E-state index in [-0.39, 0.29) is 0 Å². The predicted octanol–water partition coefficient (Wildman–Crippen LogP) is 3.90. The topological polar surface area (TPSA) is 112 Å². The molecule has 2 aromatic carbocycles. The van der Waals surface area contributed by atoms with Gasteiger partial charge in [0.05, 0.1) is 11.3 Å². The lowest BCUT2D eigenvalue weighted by Crippen LogP contribution is -2.50. The third kappa shape index (κ3) is 5.61. The van der Waals surface area contributed by atoms with Gasteiger partial charge in [0, 0.05) is 43.8 Å². The highest BCUT2D eigenvalue weighted by Crippen LogP contribution is 2.29. The van der Waals surface area contributed by atoms with E-state index < -0.39 is 0 Å². The van der Waals surface area contributed by atoms with Crippen LogP contribution in [0.25, 0.3) is 0 Å². The monoisotopic (exact) mass is 471 g/mol. The molecule has 1 saturated carbocycles. The number of ether oxygens (including phenoxy) is 1. The molecular weight excluding hydrogens is 438 g/mol. The highest BCUT2D eigenvalue weighted by Gasteiger charge is 2.28. The van der Waals surface area contributed by atoms with Crippen LogP contribution >= 0.6 is 0 Å². The molecule has 1 aliphatic carbocycles. The van der Waals surface area contributed by atoms with Gasteiger partial charge >= 0.3 is 0 Å². The molecule has 1 saturated heterocycles. The van der Waals surface area contributed by atoms with Crippen LogP contribution in [0, 0.1) is 5.41 Å². The van der Waals surface area contributed by atoms with Gasteiger partial charge in [-0.25, -0.2) is 9.97 Å². The van der Waals surface area contributed by atoms with Crippen molar-refractivity contribution in [2.24, 2.45) is 0 Å². The molecule has 8 heteroatoms. The SMILES string of the molecule is N=C(c1ccc(Oc2ccccc2)cc1)c1c(N)ncnc1NC1CCC(N2CCNCC2)CC1. The molecule has 2 heterocycles. The number of aromatic nitrogens is 2. The Bertz CT molecular complexity index is 1120. The first-order chi connectivity index (χ1) is 17.2. The van der Waals surface area contributed by atoms with Crippen LogP contribution in [-0.4, -0.2) is 58.8 Å². The fraction of sp³-hybridized carbons (Fsp3) is 0.370. The van der Waals surface area contributed by atoms with E-state index in [4.69, 9.17) is 15.9 Å². The molecule has 0 bridgehead atoms.